The predicted molar refractivity (Wildman–Crippen MR) is 84.4 cm³/mol. The number of aromatic nitrogens is 1. The van der Waals surface area contributed by atoms with E-state index in [1.807, 2.05) is 24.4 Å². The van der Waals surface area contributed by atoms with Crippen LogP contribution in [0.5, 0.6) is 0 Å². The molecule has 3 heteroatoms. The van der Waals surface area contributed by atoms with Crippen molar-refractivity contribution in [2.24, 2.45) is 5.41 Å². The van der Waals surface area contributed by atoms with Crippen molar-refractivity contribution in [3.05, 3.63) is 65.7 Å². The maximum absolute atomic E-state index is 13.1. The molecule has 2 nitrogen and oxygen atoms in total. The highest BCUT2D eigenvalue weighted by molar-refractivity contribution is 5.23. The summed E-state index contributed by atoms with van der Waals surface area (Å²) in [6, 6.07) is 11.1. The van der Waals surface area contributed by atoms with Crippen molar-refractivity contribution in [3.8, 4) is 0 Å². The fraction of sp³-hybridized carbons (Fsp3) is 0.389. The molecule has 0 fully saturated rings. The van der Waals surface area contributed by atoms with E-state index >= 15 is 0 Å². The Morgan fingerprint density at radius 2 is 1.71 bits per heavy atom. The highest BCUT2D eigenvalue weighted by Crippen LogP contribution is 2.34. The van der Waals surface area contributed by atoms with Gasteiger partial charge >= 0.3 is 0 Å². The minimum atomic E-state index is -0.202. The van der Waals surface area contributed by atoms with Gasteiger partial charge in [-0.1, -0.05) is 39.0 Å². The molecule has 2 unspecified atom stereocenters. The number of nitrogens with one attached hydrogen (secondary N) is 1. The predicted octanol–water partition coefficient (Wildman–Crippen LogP) is 4.66. The third kappa shape index (κ3) is 4.11. The number of pyridine rings is 1. The summed E-state index contributed by atoms with van der Waals surface area (Å²) in [5.41, 5.74) is 2.27. The summed E-state index contributed by atoms with van der Waals surface area (Å²) in [6.07, 6.45) is 3.65. The van der Waals surface area contributed by atoms with Crippen molar-refractivity contribution in [3.63, 3.8) is 0 Å². The van der Waals surface area contributed by atoms with Crippen molar-refractivity contribution in [2.75, 3.05) is 0 Å². The molecule has 1 aromatic heterocycles. The Morgan fingerprint density at radius 3 is 2.24 bits per heavy atom. The second kappa shape index (κ2) is 6.35. The SMILES string of the molecule is CC(NC(c1ccc(F)cc1)C(C)(C)C)c1cccnc1. The fourth-order valence-electron chi connectivity index (χ4n) is 2.48. The number of nitrogens with zero attached hydrogens (tertiary/aromatic N) is 1. The van der Waals surface area contributed by atoms with E-state index in [2.05, 4.69) is 44.1 Å². The van der Waals surface area contributed by atoms with Gasteiger partial charge in [0.2, 0.25) is 0 Å². The molecule has 0 amide bonds. The van der Waals surface area contributed by atoms with Crippen molar-refractivity contribution < 1.29 is 4.39 Å². The summed E-state index contributed by atoms with van der Waals surface area (Å²) >= 11 is 0. The van der Waals surface area contributed by atoms with Gasteiger partial charge in [-0.05, 0) is 41.7 Å². The first kappa shape index (κ1) is 15.6. The van der Waals surface area contributed by atoms with E-state index in [0.29, 0.717) is 0 Å². The number of hydrogen-bond acceptors (Lipinski definition) is 2. The molecule has 0 radical (unpaired) electrons. The monoisotopic (exact) mass is 286 g/mol. The second-order valence-electron chi connectivity index (χ2n) is 6.53. The number of rotatable bonds is 4. The van der Waals surface area contributed by atoms with E-state index in [1.54, 1.807) is 6.20 Å². The third-order valence-electron chi connectivity index (χ3n) is 3.67. The van der Waals surface area contributed by atoms with Gasteiger partial charge in [0.25, 0.3) is 0 Å². The van der Waals surface area contributed by atoms with Crippen molar-refractivity contribution in [1.29, 1.82) is 0 Å². The first-order valence-corrected chi connectivity index (χ1v) is 7.29. The van der Waals surface area contributed by atoms with E-state index in [4.69, 9.17) is 0 Å². The fourth-order valence-corrected chi connectivity index (χ4v) is 2.48. The Hall–Kier alpha value is -1.74. The normalized spacial score (nSPS) is 14.7. The van der Waals surface area contributed by atoms with E-state index in [1.165, 1.54) is 12.1 Å². The van der Waals surface area contributed by atoms with Gasteiger partial charge < -0.3 is 5.32 Å². The molecule has 0 aliphatic carbocycles. The summed E-state index contributed by atoms with van der Waals surface area (Å²) in [5.74, 6) is -0.202. The summed E-state index contributed by atoms with van der Waals surface area (Å²) in [7, 11) is 0. The zero-order valence-corrected chi connectivity index (χ0v) is 13.1. The van der Waals surface area contributed by atoms with Crippen LogP contribution in [0, 0.1) is 11.2 Å². The van der Waals surface area contributed by atoms with Gasteiger partial charge in [0.1, 0.15) is 5.82 Å². The topological polar surface area (TPSA) is 24.9 Å². The molecule has 0 aliphatic heterocycles. The first-order chi connectivity index (χ1) is 9.88. The Bertz CT molecular complexity index is 558. The zero-order chi connectivity index (χ0) is 15.5. The number of halogens is 1. The zero-order valence-electron chi connectivity index (χ0n) is 13.1. The lowest BCUT2D eigenvalue weighted by Gasteiger charge is -2.34. The van der Waals surface area contributed by atoms with Crippen LogP contribution in [0.4, 0.5) is 4.39 Å². The van der Waals surface area contributed by atoms with Crippen molar-refractivity contribution in [2.45, 2.75) is 39.8 Å². The van der Waals surface area contributed by atoms with Crippen molar-refractivity contribution >= 4 is 0 Å². The second-order valence-corrected chi connectivity index (χ2v) is 6.53. The van der Waals surface area contributed by atoms with Gasteiger partial charge in [0, 0.05) is 24.5 Å². The minimum Gasteiger partial charge on any atom is -0.303 e. The van der Waals surface area contributed by atoms with Crippen LogP contribution in [0.2, 0.25) is 0 Å². The molecule has 2 atom stereocenters. The van der Waals surface area contributed by atoms with Gasteiger partial charge in [-0.3, -0.25) is 4.98 Å². The molecule has 0 spiro atoms. The van der Waals surface area contributed by atoms with Crippen LogP contribution in [-0.2, 0) is 0 Å². The number of hydrogen-bond donors (Lipinski definition) is 1. The van der Waals surface area contributed by atoms with Crippen LogP contribution in [0.1, 0.15) is 50.9 Å². The molecule has 0 saturated carbocycles. The van der Waals surface area contributed by atoms with Gasteiger partial charge in [-0.2, -0.15) is 0 Å². The Morgan fingerprint density at radius 1 is 1.05 bits per heavy atom. The van der Waals surface area contributed by atoms with Gasteiger partial charge in [-0.15, -0.1) is 0 Å². The van der Waals surface area contributed by atoms with Gasteiger partial charge in [0.15, 0.2) is 0 Å². The first-order valence-electron chi connectivity index (χ1n) is 7.29. The van der Waals surface area contributed by atoms with Crippen LogP contribution in [-0.4, -0.2) is 4.98 Å². The molecular formula is C18H23FN2. The summed E-state index contributed by atoms with van der Waals surface area (Å²) in [6.45, 7) is 8.68. The average molecular weight is 286 g/mol. The summed E-state index contributed by atoms with van der Waals surface area (Å²) in [4.78, 5) is 4.17. The van der Waals surface area contributed by atoms with Crippen LogP contribution in [0.25, 0.3) is 0 Å². The minimum absolute atomic E-state index is 0.0221. The molecule has 1 N–H and O–H groups in total. The van der Waals surface area contributed by atoms with E-state index in [-0.39, 0.29) is 23.3 Å². The maximum Gasteiger partial charge on any atom is 0.123 e. The molecule has 0 aliphatic rings. The molecule has 2 aromatic rings. The Kier molecular flexibility index (Phi) is 4.73. The lowest BCUT2D eigenvalue weighted by molar-refractivity contribution is 0.254. The molecular weight excluding hydrogens is 263 g/mol. The van der Waals surface area contributed by atoms with Crippen LogP contribution >= 0.6 is 0 Å². The summed E-state index contributed by atoms with van der Waals surface area (Å²) < 4.78 is 13.1. The van der Waals surface area contributed by atoms with E-state index < -0.39 is 0 Å². The Labute approximate surface area is 126 Å². The standard InChI is InChI=1S/C18H23FN2/c1-13(15-6-5-11-20-12-15)21-17(18(2,3)4)14-7-9-16(19)10-8-14/h5-13,17,21H,1-4H3. The molecule has 112 valence electrons. The highest BCUT2D eigenvalue weighted by Gasteiger charge is 2.27. The van der Waals surface area contributed by atoms with Crippen LogP contribution in [0.15, 0.2) is 48.8 Å². The van der Waals surface area contributed by atoms with Crippen LogP contribution in [0.3, 0.4) is 0 Å². The average Bonchev–Trinajstić information content (AvgIpc) is 2.45. The largest absolute Gasteiger partial charge is 0.303 e. The van der Waals surface area contributed by atoms with Gasteiger partial charge in [-0.25, -0.2) is 4.39 Å². The lowest BCUT2D eigenvalue weighted by Crippen LogP contribution is -2.34. The van der Waals surface area contributed by atoms with E-state index in [0.717, 1.165) is 11.1 Å². The summed E-state index contributed by atoms with van der Waals surface area (Å²) in [5, 5.41) is 3.65. The molecule has 1 heterocycles. The molecule has 21 heavy (non-hydrogen) atoms. The third-order valence-corrected chi connectivity index (χ3v) is 3.67. The maximum atomic E-state index is 13.1. The molecule has 1 aromatic carbocycles. The smallest absolute Gasteiger partial charge is 0.123 e. The molecule has 0 bridgehead atoms. The van der Waals surface area contributed by atoms with Crippen LogP contribution < -0.4 is 5.32 Å². The van der Waals surface area contributed by atoms with Crippen molar-refractivity contribution in [1.82, 2.24) is 10.3 Å². The van der Waals surface area contributed by atoms with Gasteiger partial charge in [0.05, 0.1) is 0 Å². The van der Waals surface area contributed by atoms with E-state index in [9.17, 15) is 4.39 Å². The quantitative estimate of drug-likeness (QED) is 0.884. The highest BCUT2D eigenvalue weighted by atomic mass is 19.1. The molecule has 0 saturated heterocycles. The number of benzene rings is 1. The Balaban J connectivity index is 2.24. The lowest BCUT2D eigenvalue weighted by atomic mass is 9.81. The molecule has 2 rings (SSSR count).